The summed E-state index contributed by atoms with van der Waals surface area (Å²) in [4.78, 5) is 11.2. The standard InChI is InChI=1S/C17H22ClNO3/c1-2-5-12(18)8-9-13(10-17(21)22)19-11-16(20)14-6-3-4-7-15(14)19/h3-4,6-7,11-13,20H,2,5,8-10H2,1H3,(H,21,22). The van der Waals surface area contributed by atoms with Crippen LogP contribution in [0.3, 0.4) is 0 Å². The van der Waals surface area contributed by atoms with Gasteiger partial charge < -0.3 is 14.8 Å². The molecule has 5 heteroatoms. The molecule has 2 N–H and O–H groups in total. The maximum absolute atomic E-state index is 11.2. The van der Waals surface area contributed by atoms with Gasteiger partial charge in [0.1, 0.15) is 5.75 Å². The number of fused-ring (bicyclic) bond motifs is 1. The number of aromatic nitrogens is 1. The number of hydrogen-bond donors (Lipinski definition) is 2. The zero-order chi connectivity index (χ0) is 16.1. The van der Waals surface area contributed by atoms with E-state index in [1.807, 2.05) is 28.8 Å². The Balaban J connectivity index is 2.25. The van der Waals surface area contributed by atoms with E-state index in [1.54, 1.807) is 6.20 Å². The van der Waals surface area contributed by atoms with Crippen LogP contribution < -0.4 is 0 Å². The molecule has 1 aromatic heterocycles. The minimum absolute atomic E-state index is 0.0217. The predicted molar refractivity (Wildman–Crippen MR) is 88.7 cm³/mol. The fraction of sp³-hybridized carbons (Fsp3) is 0.471. The molecule has 2 unspecified atom stereocenters. The second kappa shape index (κ2) is 7.54. The minimum Gasteiger partial charge on any atom is -0.506 e. The summed E-state index contributed by atoms with van der Waals surface area (Å²) in [6.07, 6.45) is 5.04. The van der Waals surface area contributed by atoms with E-state index in [9.17, 15) is 15.0 Å². The lowest BCUT2D eigenvalue weighted by Crippen LogP contribution is -2.14. The molecule has 22 heavy (non-hydrogen) atoms. The van der Waals surface area contributed by atoms with Gasteiger partial charge in [-0.25, -0.2) is 0 Å². The van der Waals surface area contributed by atoms with Crippen LogP contribution in [-0.4, -0.2) is 26.1 Å². The van der Waals surface area contributed by atoms with Crippen LogP contribution >= 0.6 is 11.6 Å². The van der Waals surface area contributed by atoms with Crippen LogP contribution in [0, 0.1) is 0 Å². The zero-order valence-corrected chi connectivity index (χ0v) is 13.5. The summed E-state index contributed by atoms with van der Waals surface area (Å²) in [7, 11) is 0. The summed E-state index contributed by atoms with van der Waals surface area (Å²) in [5.41, 5.74) is 0.855. The molecule has 0 spiro atoms. The highest BCUT2D eigenvalue weighted by atomic mass is 35.5. The van der Waals surface area contributed by atoms with Crippen LogP contribution in [0.2, 0.25) is 0 Å². The molecule has 0 amide bonds. The molecular weight excluding hydrogens is 302 g/mol. The molecular formula is C17H22ClNO3. The number of hydrogen-bond acceptors (Lipinski definition) is 2. The molecule has 2 atom stereocenters. The average molecular weight is 324 g/mol. The van der Waals surface area contributed by atoms with Gasteiger partial charge in [0.15, 0.2) is 0 Å². The van der Waals surface area contributed by atoms with Gasteiger partial charge >= 0.3 is 5.97 Å². The van der Waals surface area contributed by atoms with Crippen LogP contribution in [0.4, 0.5) is 0 Å². The molecule has 0 fully saturated rings. The van der Waals surface area contributed by atoms with Crippen molar-refractivity contribution in [1.29, 1.82) is 0 Å². The molecule has 2 aromatic rings. The van der Waals surface area contributed by atoms with Gasteiger partial charge in [0.25, 0.3) is 0 Å². The smallest absolute Gasteiger partial charge is 0.305 e. The van der Waals surface area contributed by atoms with E-state index in [0.717, 1.165) is 30.2 Å². The number of aliphatic carboxylic acids is 1. The normalized spacial score (nSPS) is 14.1. The third-order valence-electron chi connectivity index (χ3n) is 3.94. The van der Waals surface area contributed by atoms with E-state index in [0.29, 0.717) is 6.42 Å². The van der Waals surface area contributed by atoms with E-state index >= 15 is 0 Å². The lowest BCUT2D eigenvalue weighted by molar-refractivity contribution is -0.137. The molecule has 0 aliphatic heterocycles. The van der Waals surface area contributed by atoms with E-state index in [4.69, 9.17) is 11.6 Å². The second-order valence-corrected chi connectivity index (χ2v) is 6.27. The SMILES string of the molecule is CCCC(Cl)CCC(CC(=O)O)n1cc(O)c2ccccc21. The number of nitrogens with zero attached hydrogens (tertiary/aromatic N) is 1. The highest BCUT2D eigenvalue weighted by molar-refractivity contribution is 6.20. The molecule has 0 saturated heterocycles. The maximum atomic E-state index is 11.2. The van der Waals surface area contributed by atoms with Gasteiger partial charge in [-0.15, -0.1) is 11.6 Å². The van der Waals surface area contributed by atoms with E-state index in [1.165, 1.54) is 0 Å². The van der Waals surface area contributed by atoms with Crippen molar-refractivity contribution in [2.45, 2.75) is 50.4 Å². The molecule has 0 saturated carbocycles. The van der Waals surface area contributed by atoms with Crippen molar-refractivity contribution < 1.29 is 15.0 Å². The van der Waals surface area contributed by atoms with Crippen molar-refractivity contribution in [1.82, 2.24) is 4.57 Å². The van der Waals surface area contributed by atoms with Crippen LogP contribution in [-0.2, 0) is 4.79 Å². The first-order chi connectivity index (χ1) is 10.5. The summed E-state index contributed by atoms with van der Waals surface area (Å²) >= 11 is 6.27. The van der Waals surface area contributed by atoms with Crippen molar-refractivity contribution in [3.8, 4) is 5.75 Å². The van der Waals surface area contributed by atoms with Crippen molar-refractivity contribution in [3.05, 3.63) is 30.5 Å². The molecule has 2 rings (SSSR count). The number of aromatic hydroxyl groups is 1. The van der Waals surface area contributed by atoms with Gasteiger partial charge in [-0.2, -0.15) is 0 Å². The highest BCUT2D eigenvalue weighted by Crippen LogP contribution is 2.33. The van der Waals surface area contributed by atoms with Gasteiger partial charge in [-0.1, -0.05) is 25.5 Å². The molecule has 120 valence electrons. The number of benzene rings is 1. The average Bonchev–Trinajstić information content (AvgIpc) is 2.81. The first kappa shape index (κ1) is 16.7. The Morgan fingerprint density at radius 1 is 1.27 bits per heavy atom. The molecule has 0 aliphatic carbocycles. The number of rotatable bonds is 8. The molecule has 1 heterocycles. The molecule has 4 nitrogen and oxygen atoms in total. The van der Waals surface area contributed by atoms with Gasteiger partial charge in [0, 0.05) is 23.0 Å². The Morgan fingerprint density at radius 2 is 2.00 bits per heavy atom. The number of carboxylic acids is 1. The molecule has 0 aliphatic rings. The highest BCUT2D eigenvalue weighted by Gasteiger charge is 2.20. The van der Waals surface area contributed by atoms with Gasteiger partial charge in [-0.3, -0.25) is 4.79 Å². The van der Waals surface area contributed by atoms with E-state index in [-0.39, 0.29) is 23.6 Å². The Labute approximate surface area is 135 Å². The van der Waals surface area contributed by atoms with Crippen molar-refractivity contribution in [3.63, 3.8) is 0 Å². The second-order valence-electron chi connectivity index (χ2n) is 5.65. The van der Waals surface area contributed by atoms with E-state index < -0.39 is 5.97 Å². The number of alkyl halides is 1. The topological polar surface area (TPSA) is 62.5 Å². The fourth-order valence-electron chi connectivity index (χ4n) is 2.86. The Hall–Kier alpha value is -1.68. The van der Waals surface area contributed by atoms with Crippen molar-refractivity contribution >= 4 is 28.5 Å². The largest absolute Gasteiger partial charge is 0.506 e. The predicted octanol–water partition coefficient (Wildman–Crippen LogP) is 4.55. The monoisotopic (exact) mass is 323 g/mol. The van der Waals surface area contributed by atoms with Crippen molar-refractivity contribution in [2.24, 2.45) is 0 Å². The minimum atomic E-state index is -0.844. The van der Waals surface area contributed by atoms with Crippen LogP contribution in [0.15, 0.2) is 30.5 Å². The molecule has 0 bridgehead atoms. The van der Waals surface area contributed by atoms with Crippen LogP contribution in [0.5, 0.6) is 5.75 Å². The zero-order valence-electron chi connectivity index (χ0n) is 12.7. The number of carboxylic acid groups (broad SMARTS) is 1. The lowest BCUT2D eigenvalue weighted by atomic mass is 10.0. The Kier molecular flexibility index (Phi) is 5.72. The molecule has 0 radical (unpaired) electrons. The quantitative estimate of drug-likeness (QED) is 0.700. The summed E-state index contributed by atoms with van der Waals surface area (Å²) in [6.45, 7) is 2.08. The van der Waals surface area contributed by atoms with Crippen LogP contribution in [0.25, 0.3) is 10.9 Å². The van der Waals surface area contributed by atoms with Crippen molar-refractivity contribution in [2.75, 3.05) is 0 Å². The molecule has 1 aromatic carbocycles. The summed E-state index contributed by atoms with van der Waals surface area (Å²) in [5.74, 6) is -0.661. The fourth-order valence-corrected chi connectivity index (χ4v) is 3.20. The first-order valence-corrected chi connectivity index (χ1v) is 8.11. The first-order valence-electron chi connectivity index (χ1n) is 7.67. The third kappa shape index (κ3) is 3.95. The van der Waals surface area contributed by atoms with Gasteiger partial charge in [-0.05, 0) is 31.4 Å². The summed E-state index contributed by atoms with van der Waals surface area (Å²) in [5, 5.41) is 20.0. The number of carbonyl (C=O) groups is 1. The Morgan fingerprint density at radius 3 is 2.68 bits per heavy atom. The number of halogens is 1. The van der Waals surface area contributed by atoms with E-state index in [2.05, 4.69) is 6.92 Å². The Bertz CT molecular complexity index is 638. The summed E-state index contributed by atoms with van der Waals surface area (Å²) < 4.78 is 1.87. The van der Waals surface area contributed by atoms with Crippen LogP contribution in [0.1, 0.15) is 45.1 Å². The van der Waals surface area contributed by atoms with Gasteiger partial charge in [0.2, 0.25) is 0 Å². The maximum Gasteiger partial charge on any atom is 0.305 e. The third-order valence-corrected chi connectivity index (χ3v) is 4.37. The lowest BCUT2D eigenvalue weighted by Gasteiger charge is -2.19. The number of para-hydroxylation sites is 1. The van der Waals surface area contributed by atoms with Gasteiger partial charge in [0.05, 0.1) is 11.9 Å². The summed E-state index contributed by atoms with van der Waals surface area (Å²) in [6, 6.07) is 7.27.